The first kappa shape index (κ1) is 24.3. The third-order valence-electron chi connectivity index (χ3n) is 4.02. The fourth-order valence-corrected chi connectivity index (χ4v) is 3.10. The molecule has 29 heavy (non-hydrogen) atoms. The predicted octanol–water partition coefficient (Wildman–Crippen LogP) is 5.74. The summed E-state index contributed by atoms with van der Waals surface area (Å²) >= 11 is 0. The zero-order chi connectivity index (χ0) is 22.0. The van der Waals surface area contributed by atoms with E-state index >= 15 is 0 Å². The van der Waals surface area contributed by atoms with Gasteiger partial charge in [0.1, 0.15) is 0 Å². The molecule has 0 atom stereocenters. The molecule has 1 N–H and O–H groups in total. The van der Waals surface area contributed by atoms with E-state index < -0.39 is 10.1 Å². The van der Waals surface area contributed by atoms with Gasteiger partial charge in [-0.25, -0.2) is 0 Å². The molecule has 5 heteroatoms. The third-order valence-corrected chi connectivity index (χ3v) is 5.02. The lowest BCUT2D eigenvalue weighted by atomic mass is 10.2. The summed E-state index contributed by atoms with van der Waals surface area (Å²) in [6, 6.07) is 22.6. The van der Waals surface area contributed by atoms with Crippen molar-refractivity contribution in [3.8, 4) is 0 Å². The summed E-state index contributed by atoms with van der Waals surface area (Å²) in [6.07, 6.45) is 0. The van der Waals surface area contributed by atoms with Gasteiger partial charge < -0.3 is 0 Å². The number of benzene rings is 3. The van der Waals surface area contributed by atoms with Gasteiger partial charge >= 0.3 is 0 Å². The van der Waals surface area contributed by atoms with E-state index in [2.05, 4.69) is 38.1 Å². The van der Waals surface area contributed by atoms with Crippen LogP contribution in [0.2, 0.25) is 0 Å². The van der Waals surface area contributed by atoms with Gasteiger partial charge in [0.2, 0.25) is 0 Å². The molecule has 0 aromatic heterocycles. The van der Waals surface area contributed by atoms with Gasteiger partial charge in [-0.2, -0.15) is 8.42 Å². The summed E-state index contributed by atoms with van der Waals surface area (Å²) in [6.45, 7) is 9.17. The van der Waals surface area contributed by atoms with Crippen LogP contribution in [-0.4, -0.2) is 18.8 Å². The van der Waals surface area contributed by atoms with Crippen LogP contribution in [0.5, 0.6) is 0 Å². The maximum atomic E-state index is 10.8. The predicted molar refractivity (Wildman–Crippen MR) is 118 cm³/mol. The Morgan fingerprint density at radius 2 is 1.17 bits per heavy atom. The molecule has 0 radical (unpaired) electrons. The number of hydrogen-bond acceptors (Lipinski definition) is 3. The average Bonchev–Trinajstić information content (AvgIpc) is 2.67. The van der Waals surface area contributed by atoms with Crippen LogP contribution in [0.3, 0.4) is 0 Å². The minimum Gasteiger partial charge on any atom is -0.295 e. The highest BCUT2D eigenvalue weighted by atomic mass is 32.2. The summed E-state index contributed by atoms with van der Waals surface area (Å²) < 4.78 is 30.3. The molecule has 0 saturated carbocycles. The topological polar surface area (TPSA) is 71.4 Å². The molecule has 0 bridgehead atoms. The summed E-state index contributed by atoms with van der Waals surface area (Å²) in [5.74, 6) is 0.121. The number of carbonyl (C=O) groups excluding carboxylic acids is 1. The number of carbonyl (C=O) groups is 1. The average molecular weight is 413 g/mol. The normalized spacial score (nSPS) is 10.1. The first-order valence-electron chi connectivity index (χ1n) is 9.14. The van der Waals surface area contributed by atoms with E-state index in [9.17, 15) is 13.2 Å². The second kappa shape index (κ2) is 11.3. The highest BCUT2D eigenvalue weighted by Crippen LogP contribution is 2.15. The summed E-state index contributed by atoms with van der Waals surface area (Å²) in [5.41, 5.74) is 4.81. The summed E-state index contributed by atoms with van der Waals surface area (Å²) in [5, 5.41) is 0. The van der Waals surface area contributed by atoms with Crippen molar-refractivity contribution in [2.75, 3.05) is 0 Å². The Labute approximate surface area is 174 Å². The molecular formula is C24H28O4S. The minimum atomic E-state index is -4.06. The van der Waals surface area contributed by atoms with Crippen molar-refractivity contribution in [3.63, 3.8) is 0 Å². The van der Waals surface area contributed by atoms with E-state index in [1.54, 1.807) is 32.9 Å². The van der Waals surface area contributed by atoms with Crippen molar-refractivity contribution in [3.05, 3.63) is 101 Å². The SMILES string of the molecule is CC(=O)c1ccccc1.Cc1ccc(C)c(S(=O)(=O)O)c1.Cc1ccc(C)cc1. The van der Waals surface area contributed by atoms with Crippen LogP contribution in [0.1, 0.15) is 39.5 Å². The smallest absolute Gasteiger partial charge is 0.294 e. The van der Waals surface area contributed by atoms with E-state index in [0.717, 1.165) is 11.1 Å². The standard InChI is InChI=1S/C8H10O3S.C8H8O.C8H10/c1-6-3-4-7(2)8(5-6)12(9,10)11;1-7(9)8-5-3-2-4-6-8;1-7-3-5-8(2)6-4-7/h3-5H,1-2H3,(H,9,10,11);2-6H,1H3;3-6H,1-2H3. The maximum Gasteiger partial charge on any atom is 0.294 e. The van der Waals surface area contributed by atoms with Gasteiger partial charge in [-0.15, -0.1) is 0 Å². The lowest BCUT2D eigenvalue weighted by molar-refractivity contribution is 0.101. The van der Waals surface area contributed by atoms with Crippen molar-refractivity contribution >= 4 is 15.9 Å². The van der Waals surface area contributed by atoms with Crippen LogP contribution in [0.25, 0.3) is 0 Å². The molecule has 154 valence electrons. The quantitative estimate of drug-likeness (QED) is 0.430. The van der Waals surface area contributed by atoms with E-state index in [1.807, 2.05) is 30.3 Å². The van der Waals surface area contributed by atoms with E-state index in [4.69, 9.17) is 4.55 Å². The molecule has 0 amide bonds. The van der Waals surface area contributed by atoms with Crippen LogP contribution >= 0.6 is 0 Å². The second-order valence-corrected chi connectivity index (χ2v) is 8.21. The lowest BCUT2D eigenvalue weighted by Gasteiger charge is -2.02. The Hall–Kier alpha value is -2.76. The van der Waals surface area contributed by atoms with E-state index in [-0.39, 0.29) is 10.7 Å². The molecule has 0 saturated heterocycles. The van der Waals surface area contributed by atoms with Gasteiger partial charge in [0.25, 0.3) is 10.1 Å². The number of aryl methyl sites for hydroxylation is 4. The molecule has 3 aromatic carbocycles. The molecule has 3 aromatic rings. The maximum absolute atomic E-state index is 10.8. The van der Waals surface area contributed by atoms with Crippen molar-refractivity contribution in [1.82, 2.24) is 0 Å². The third kappa shape index (κ3) is 9.32. The summed E-state index contributed by atoms with van der Waals surface area (Å²) in [7, 11) is -4.06. The fourth-order valence-electron chi connectivity index (χ4n) is 2.29. The molecular weight excluding hydrogens is 384 g/mol. The number of ketones is 1. The fraction of sp³-hybridized carbons (Fsp3) is 0.208. The highest BCUT2D eigenvalue weighted by molar-refractivity contribution is 7.85. The minimum absolute atomic E-state index is 0.0116. The zero-order valence-corrected chi connectivity index (χ0v) is 18.3. The molecule has 3 rings (SSSR count). The first-order chi connectivity index (χ1) is 13.5. The van der Waals surface area contributed by atoms with Crippen molar-refractivity contribution in [1.29, 1.82) is 0 Å². The van der Waals surface area contributed by atoms with Gasteiger partial charge in [0.05, 0.1) is 4.90 Å². The Morgan fingerprint density at radius 1 is 0.724 bits per heavy atom. The largest absolute Gasteiger partial charge is 0.295 e. The van der Waals surface area contributed by atoms with Crippen LogP contribution in [0.15, 0.2) is 77.7 Å². The summed E-state index contributed by atoms with van der Waals surface area (Å²) in [4.78, 5) is 10.6. The Balaban J connectivity index is 0.000000223. The molecule has 0 aliphatic heterocycles. The molecule has 0 spiro atoms. The van der Waals surface area contributed by atoms with Crippen molar-refractivity contribution in [2.24, 2.45) is 0 Å². The first-order valence-corrected chi connectivity index (χ1v) is 10.6. The Bertz CT molecular complexity index is 1000. The van der Waals surface area contributed by atoms with Crippen LogP contribution < -0.4 is 0 Å². The molecule has 0 aliphatic carbocycles. The van der Waals surface area contributed by atoms with Gasteiger partial charge in [-0.1, -0.05) is 77.9 Å². The number of rotatable bonds is 2. The molecule has 4 nitrogen and oxygen atoms in total. The molecule has 0 aliphatic rings. The van der Waals surface area contributed by atoms with Crippen molar-refractivity contribution in [2.45, 2.75) is 39.5 Å². The highest BCUT2D eigenvalue weighted by Gasteiger charge is 2.12. The lowest BCUT2D eigenvalue weighted by Crippen LogP contribution is -2.00. The number of Topliss-reactive ketones (excluding diaryl/α,β-unsaturated/α-hetero) is 1. The molecule has 0 unspecified atom stereocenters. The Morgan fingerprint density at radius 3 is 1.52 bits per heavy atom. The van der Waals surface area contributed by atoms with E-state index in [0.29, 0.717) is 5.56 Å². The van der Waals surface area contributed by atoms with Gasteiger partial charge in [-0.05, 0) is 51.8 Å². The monoisotopic (exact) mass is 412 g/mol. The molecule has 0 heterocycles. The van der Waals surface area contributed by atoms with E-state index in [1.165, 1.54) is 17.2 Å². The Kier molecular flexibility index (Phi) is 9.45. The van der Waals surface area contributed by atoms with Crippen LogP contribution in [0.4, 0.5) is 0 Å². The van der Waals surface area contributed by atoms with Gasteiger partial charge in [0.15, 0.2) is 5.78 Å². The van der Waals surface area contributed by atoms with Crippen LogP contribution in [0, 0.1) is 27.7 Å². The van der Waals surface area contributed by atoms with Gasteiger partial charge in [-0.3, -0.25) is 9.35 Å². The van der Waals surface area contributed by atoms with Crippen LogP contribution in [-0.2, 0) is 10.1 Å². The van der Waals surface area contributed by atoms with Gasteiger partial charge in [0, 0.05) is 5.56 Å². The second-order valence-electron chi connectivity index (χ2n) is 6.82. The number of hydrogen-bond donors (Lipinski definition) is 1. The zero-order valence-electron chi connectivity index (χ0n) is 17.5. The molecule has 0 fully saturated rings. The van der Waals surface area contributed by atoms with Crippen molar-refractivity contribution < 1.29 is 17.8 Å².